The van der Waals surface area contributed by atoms with Crippen LogP contribution in [0.4, 0.5) is 10.5 Å². The molecule has 0 bridgehead atoms. The second-order valence-corrected chi connectivity index (χ2v) is 9.20. The summed E-state index contributed by atoms with van der Waals surface area (Å²) in [5.74, 6) is 0.606. The van der Waals surface area contributed by atoms with Crippen LogP contribution in [0.25, 0.3) is 0 Å². The molecule has 0 fully saturated rings. The predicted molar refractivity (Wildman–Crippen MR) is 128 cm³/mol. The lowest BCUT2D eigenvalue weighted by Crippen LogP contribution is -2.52. The van der Waals surface area contributed by atoms with Crippen LogP contribution in [0.3, 0.4) is 0 Å². The van der Waals surface area contributed by atoms with Gasteiger partial charge in [-0.3, -0.25) is 9.59 Å². The van der Waals surface area contributed by atoms with Gasteiger partial charge in [0.25, 0.3) is 5.84 Å². The Morgan fingerprint density at radius 1 is 1.27 bits per heavy atom. The van der Waals surface area contributed by atoms with Crippen molar-refractivity contribution >= 4 is 47.3 Å². The van der Waals surface area contributed by atoms with E-state index in [1.807, 2.05) is 0 Å². The smallest absolute Gasteiger partial charge is 0.445 e. The Kier molecular flexibility index (Phi) is 7.57. The number of allylic oxidation sites excluding steroid dienone is 1. The summed E-state index contributed by atoms with van der Waals surface area (Å²) in [6.07, 6.45) is 2.42. The zero-order valence-corrected chi connectivity index (χ0v) is 20.5. The highest BCUT2D eigenvalue weighted by Crippen LogP contribution is 2.37. The zero-order valence-electron chi connectivity index (χ0n) is 19.7. The molecule has 0 spiro atoms. The van der Waals surface area contributed by atoms with Crippen molar-refractivity contribution in [3.8, 4) is 11.5 Å². The highest BCUT2D eigenvalue weighted by atomic mass is 32.2. The molecule has 176 valence electrons. The average molecular weight is 474 g/mol. The maximum Gasteiger partial charge on any atom is 0.445 e. The van der Waals surface area contributed by atoms with Crippen LogP contribution < -0.4 is 14.8 Å². The molecule has 0 aliphatic carbocycles. The van der Waals surface area contributed by atoms with Gasteiger partial charge in [-0.15, -0.1) is 16.8 Å². The van der Waals surface area contributed by atoms with Crippen LogP contribution in [0.1, 0.15) is 20.3 Å². The first-order valence-corrected chi connectivity index (χ1v) is 11.5. The van der Waals surface area contributed by atoms with Gasteiger partial charge < -0.3 is 14.8 Å². The highest BCUT2D eigenvalue weighted by molar-refractivity contribution is 8.03. The number of anilines is 1. The lowest BCUT2D eigenvalue weighted by atomic mass is 9.94. The normalized spacial score (nSPS) is 18.2. The number of aliphatic imine (C=N–C) groups is 1. The van der Waals surface area contributed by atoms with Crippen molar-refractivity contribution in [1.82, 2.24) is 4.90 Å². The van der Waals surface area contributed by atoms with Crippen molar-refractivity contribution < 1.29 is 28.4 Å². The number of dihydropyridines is 1. The second kappa shape index (κ2) is 10.2. The lowest BCUT2D eigenvalue weighted by Gasteiger charge is -2.28. The van der Waals surface area contributed by atoms with Gasteiger partial charge in [0.2, 0.25) is 5.91 Å². The molecule has 1 N–H and O–H groups in total. The molecule has 0 aromatic heterocycles. The fourth-order valence-electron chi connectivity index (χ4n) is 3.70. The minimum absolute atomic E-state index is 0.0817. The topological polar surface area (TPSA) is 100 Å². The Balaban J connectivity index is 1.85. The van der Waals surface area contributed by atoms with Gasteiger partial charge in [-0.05, 0) is 30.0 Å². The van der Waals surface area contributed by atoms with Gasteiger partial charge >= 0.3 is 11.9 Å². The van der Waals surface area contributed by atoms with Crippen LogP contribution >= 0.6 is 11.8 Å². The molecule has 0 radical (unpaired) electrons. The number of methoxy groups -OCH3 is 2. The first-order chi connectivity index (χ1) is 15.7. The summed E-state index contributed by atoms with van der Waals surface area (Å²) >= 11 is 1.30. The van der Waals surface area contributed by atoms with E-state index >= 15 is 0 Å². The maximum absolute atomic E-state index is 13.0. The number of rotatable bonds is 8. The highest BCUT2D eigenvalue weighted by Gasteiger charge is 2.48. The van der Waals surface area contributed by atoms with E-state index in [9.17, 15) is 14.4 Å². The van der Waals surface area contributed by atoms with Crippen LogP contribution in [0.5, 0.6) is 11.5 Å². The number of imide groups is 1. The molecule has 2 heterocycles. The predicted octanol–water partition coefficient (Wildman–Crippen LogP) is 3.01. The van der Waals surface area contributed by atoms with Gasteiger partial charge in [0.15, 0.2) is 5.92 Å². The van der Waals surface area contributed by atoms with Crippen molar-refractivity contribution in [2.24, 2.45) is 16.8 Å². The number of carbonyl (C=O) groups excluding carboxylic acids is 3. The molecule has 1 atom stereocenters. The molecule has 2 aliphatic heterocycles. The molecule has 1 aromatic carbocycles. The number of fused-ring (bicyclic) bond motifs is 1. The van der Waals surface area contributed by atoms with Crippen molar-refractivity contribution in [3.05, 3.63) is 28.7 Å². The number of nitrogens with one attached hydrogen (secondary N) is 1. The van der Waals surface area contributed by atoms with Crippen LogP contribution in [0.2, 0.25) is 0 Å². The van der Waals surface area contributed by atoms with E-state index in [2.05, 4.69) is 24.2 Å². The Bertz CT molecular complexity index is 1080. The van der Waals surface area contributed by atoms with Crippen molar-refractivity contribution in [2.75, 3.05) is 39.4 Å². The zero-order chi connectivity index (χ0) is 24.3. The van der Waals surface area contributed by atoms with Gasteiger partial charge in [0, 0.05) is 11.0 Å². The molecule has 9 nitrogen and oxygen atoms in total. The number of hydrogen-bond acceptors (Lipinski definition) is 7. The molecule has 33 heavy (non-hydrogen) atoms. The Morgan fingerprint density at radius 2 is 2.00 bits per heavy atom. The molecular formula is C23H29N4O5S+. The molecule has 10 heteroatoms. The average Bonchev–Trinajstić information content (AvgIpc) is 2.80. The minimum atomic E-state index is -0.704. The molecule has 0 saturated carbocycles. The summed E-state index contributed by atoms with van der Waals surface area (Å²) in [5, 5.41) is 2.85. The largest absolute Gasteiger partial charge is 0.497 e. The Hall–Kier alpha value is -3.14. The van der Waals surface area contributed by atoms with E-state index in [4.69, 9.17) is 9.47 Å². The SMILES string of the molecule is COc1ccc(NC(=O)CSC2=C(CC(C)C)C=NC3=[N+](C)C(=O)N(C)C(=O)C23)c(OC)c1. The quantitative estimate of drug-likeness (QED) is 0.583. The van der Waals surface area contributed by atoms with Gasteiger partial charge in [-0.25, -0.2) is 4.79 Å². The summed E-state index contributed by atoms with van der Waals surface area (Å²) in [5.41, 5.74) is 1.43. The molecule has 2 aliphatic rings. The molecule has 0 saturated heterocycles. The van der Waals surface area contributed by atoms with Crippen molar-refractivity contribution in [1.29, 1.82) is 0 Å². The summed E-state index contributed by atoms with van der Waals surface area (Å²) in [7, 11) is 6.14. The van der Waals surface area contributed by atoms with E-state index in [1.54, 1.807) is 38.6 Å². The number of hydrogen-bond donors (Lipinski definition) is 1. The monoisotopic (exact) mass is 473 g/mol. The van der Waals surface area contributed by atoms with Gasteiger partial charge in [0.05, 0.1) is 39.8 Å². The van der Waals surface area contributed by atoms with Crippen molar-refractivity contribution in [2.45, 2.75) is 20.3 Å². The third kappa shape index (κ3) is 5.11. The number of amidine groups is 1. The van der Waals surface area contributed by atoms with E-state index in [0.717, 1.165) is 15.4 Å². The summed E-state index contributed by atoms with van der Waals surface area (Å²) in [4.78, 5) is 44.5. The molecule has 1 aromatic rings. The lowest BCUT2D eigenvalue weighted by molar-refractivity contribution is -0.407. The first kappa shape index (κ1) is 24.5. The van der Waals surface area contributed by atoms with E-state index < -0.39 is 11.9 Å². The van der Waals surface area contributed by atoms with E-state index in [1.165, 1.54) is 30.5 Å². The maximum atomic E-state index is 13.0. The third-order valence-electron chi connectivity index (χ3n) is 5.35. The molecular weight excluding hydrogens is 444 g/mol. The Labute approximate surface area is 197 Å². The standard InChI is InChI=1S/C23H28N4O5S/c1-13(2)9-14-11-24-21-19(22(29)27(4)23(30)26(21)3)20(14)33-12-18(28)25-16-8-7-15(31-5)10-17(16)32-6/h7-8,10-11,13,19H,9,12H2,1-6H3/p+1. The first-order valence-electron chi connectivity index (χ1n) is 10.5. The molecule has 4 amide bonds. The van der Waals surface area contributed by atoms with Crippen molar-refractivity contribution in [3.63, 3.8) is 0 Å². The number of urea groups is 1. The number of nitrogens with zero attached hydrogens (tertiary/aromatic N) is 3. The van der Waals surface area contributed by atoms with Crippen LogP contribution in [0, 0.1) is 11.8 Å². The van der Waals surface area contributed by atoms with Gasteiger partial charge in [-0.1, -0.05) is 13.8 Å². The summed E-state index contributed by atoms with van der Waals surface area (Å²) < 4.78 is 11.9. The summed E-state index contributed by atoms with van der Waals surface area (Å²) in [6, 6.07) is 4.71. The van der Waals surface area contributed by atoms with Crippen LogP contribution in [0.15, 0.2) is 33.7 Å². The third-order valence-corrected chi connectivity index (χ3v) is 6.57. The molecule has 1 unspecified atom stereocenters. The number of thioether (sulfide) groups is 1. The van der Waals surface area contributed by atoms with Crippen LogP contribution in [-0.4, -0.2) is 73.4 Å². The van der Waals surface area contributed by atoms with E-state index in [-0.39, 0.29) is 17.6 Å². The Morgan fingerprint density at radius 3 is 2.64 bits per heavy atom. The van der Waals surface area contributed by atoms with Gasteiger partial charge in [-0.2, -0.15) is 9.48 Å². The van der Waals surface area contributed by atoms with Gasteiger partial charge in [0.1, 0.15) is 17.7 Å². The van der Waals surface area contributed by atoms with E-state index in [0.29, 0.717) is 35.4 Å². The summed E-state index contributed by atoms with van der Waals surface area (Å²) in [6.45, 7) is 4.16. The minimum Gasteiger partial charge on any atom is -0.497 e. The van der Waals surface area contributed by atoms with Crippen LogP contribution in [-0.2, 0) is 9.59 Å². The number of carbonyl (C=O) groups is 3. The fourth-order valence-corrected chi connectivity index (χ4v) is 4.75. The molecule has 3 rings (SSSR count). The second-order valence-electron chi connectivity index (χ2n) is 8.18. The number of ether oxygens (including phenoxy) is 2. The number of amides is 4. The number of benzene rings is 1. The fraction of sp³-hybridized carbons (Fsp3) is 0.435.